The molecule has 114 valence electrons. The van der Waals surface area contributed by atoms with Gasteiger partial charge in [-0.1, -0.05) is 13.3 Å². The highest BCUT2D eigenvalue weighted by atomic mass is 32.2. The molecular formula is C14H24N2O2S2. The van der Waals surface area contributed by atoms with Crippen LogP contribution in [-0.2, 0) is 16.6 Å². The number of thiophene rings is 1. The van der Waals surface area contributed by atoms with Crippen molar-refractivity contribution in [3.63, 3.8) is 0 Å². The second kappa shape index (κ2) is 6.56. The van der Waals surface area contributed by atoms with Crippen molar-refractivity contribution in [3.05, 3.63) is 16.5 Å². The van der Waals surface area contributed by atoms with Crippen molar-refractivity contribution in [1.29, 1.82) is 0 Å². The Labute approximate surface area is 126 Å². The van der Waals surface area contributed by atoms with Gasteiger partial charge in [-0.15, -0.1) is 11.3 Å². The molecule has 0 bridgehead atoms. The molecule has 1 fully saturated rings. The largest absolute Gasteiger partial charge is 0.312 e. The van der Waals surface area contributed by atoms with E-state index >= 15 is 0 Å². The summed E-state index contributed by atoms with van der Waals surface area (Å²) in [5, 5.41) is 3.24. The molecule has 1 heterocycles. The first-order valence-electron chi connectivity index (χ1n) is 7.26. The fourth-order valence-corrected chi connectivity index (χ4v) is 5.26. The topological polar surface area (TPSA) is 58.2 Å². The predicted molar refractivity (Wildman–Crippen MR) is 83.6 cm³/mol. The number of aryl methyl sites for hydroxylation is 1. The molecular weight excluding hydrogens is 292 g/mol. The van der Waals surface area contributed by atoms with Crippen LogP contribution in [0.3, 0.4) is 0 Å². The Morgan fingerprint density at radius 1 is 1.45 bits per heavy atom. The Kier molecular flexibility index (Phi) is 5.23. The molecule has 20 heavy (non-hydrogen) atoms. The smallest absolute Gasteiger partial charge is 0.250 e. The Morgan fingerprint density at radius 2 is 2.15 bits per heavy atom. The van der Waals surface area contributed by atoms with Crippen molar-refractivity contribution < 1.29 is 8.42 Å². The van der Waals surface area contributed by atoms with E-state index in [0.717, 1.165) is 36.4 Å². The van der Waals surface area contributed by atoms with Crippen molar-refractivity contribution in [2.24, 2.45) is 5.92 Å². The number of sulfonamides is 1. The molecule has 1 aliphatic rings. The standard InChI is InChI=1S/C14H24N2O2S2/c1-4-15-9-13-10(2)8-14(19-13)20(17,18)16-11(3)12-6-5-7-12/h8,11-12,15-16H,4-7,9H2,1-3H3. The highest BCUT2D eigenvalue weighted by Gasteiger charge is 2.28. The van der Waals surface area contributed by atoms with Crippen LogP contribution in [0.4, 0.5) is 0 Å². The normalized spacial score (nSPS) is 17.9. The van der Waals surface area contributed by atoms with Crippen LogP contribution < -0.4 is 10.0 Å². The summed E-state index contributed by atoms with van der Waals surface area (Å²) >= 11 is 1.37. The first-order valence-corrected chi connectivity index (χ1v) is 9.56. The maximum atomic E-state index is 12.4. The van der Waals surface area contributed by atoms with Gasteiger partial charge in [0.05, 0.1) is 0 Å². The predicted octanol–water partition coefficient (Wildman–Crippen LogP) is 2.63. The minimum absolute atomic E-state index is 0.0355. The zero-order valence-electron chi connectivity index (χ0n) is 12.4. The summed E-state index contributed by atoms with van der Waals surface area (Å²) in [5.41, 5.74) is 1.05. The fourth-order valence-electron chi connectivity index (χ4n) is 2.37. The molecule has 1 aliphatic carbocycles. The van der Waals surface area contributed by atoms with Crippen LogP contribution in [0.2, 0.25) is 0 Å². The highest BCUT2D eigenvalue weighted by Crippen LogP contribution is 2.31. The van der Waals surface area contributed by atoms with Gasteiger partial charge in [0.2, 0.25) is 10.0 Å². The summed E-state index contributed by atoms with van der Waals surface area (Å²) in [6.45, 7) is 7.61. The van der Waals surface area contributed by atoms with Crippen LogP contribution in [-0.4, -0.2) is 21.0 Å². The van der Waals surface area contributed by atoms with Gasteiger partial charge in [0.15, 0.2) is 0 Å². The maximum Gasteiger partial charge on any atom is 0.250 e. The minimum Gasteiger partial charge on any atom is -0.312 e. The van der Waals surface area contributed by atoms with E-state index in [1.807, 2.05) is 20.8 Å². The van der Waals surface area contributed by atoms with Crippen molar-refractivity contribution in [1.82, 2.24) is 10.0 Å². The average molecular weight is 316 g/mol. The molecule has 4 nitrogen and oxygen atoms in total. The maximum absolute atomic E-state index is 12.4. The van der Waals surface area contributed by atoms with E-state index in [9.17, 15) is 8.42 Å². The van der Waals surface area contributed by atoms with Crippen LogP contribution in [0.25, 0.3) is 0 Å². The van der Waals surface area contributed by atoms with E-state index in [0.29, 0.717) is 10.1 Å². The van der Waals surface area contributed by atoms with E-state index in [1.165, 1.54) is 17.8 Å². The molecule has 0 aromatic carbocycles. The van der Waals surface area contributed by atoms with Gasteiger partial charge in [0.1, 0.15) is 4.21 Å². The molecule has 0 aliphatic heterocycles. The SMILES string of the molecule is CCNCc1sc(S(=O)(=O)NC(C)C2CCC2)cc1C. The molecule has 1 unspecified atom stereocenters. The second-order valence-corrected chi connectivity index (χ2v) is 8.63. The van der Waals surface area contributed by atoms with Crippen molar-refractivity contribution in [2.75, 3.05) is 6.54 Å². The molecule has 6 heteroatoms. The quantitative estimate of drug-likeness (QED) is 0.813. The Balaban J connectivity index is 2.08. The number of rotatable bonds is 7. The summed E-state index contributed by atoms with van der Waals surface area (Å²) in [6, 6.07) is 1.82. The van der Waals surface area contributed by atoms with Crippen molar-refractivity contribution >= 4 is 21.4 Å². The first kappa shape index (κ1) is 15.9. The van der Waals surface area contributed by atoms with E-state index in [2.05, 4.69) is 10.0 Å². The number of hydrogen-bond acceptors (Lipinski definition) is 4. The zero-order valence-corrected chi connectivity index (χ0v) is 14.0. The lowest BCUT2D eigenvalue weighted by Crippen LogP contribution is -2.40. The van der Waals surface area contributed by atoms with Crippen LogP contribution in [0.1, 0.15) is 43.6 Å². The monoisotopic (exact) mass is 316 g/mol. The van der Waals surface area contributed by atoms with Gasteiger partial charge in [0.25, 0.3) is 0 Å². The number of hydrogen-bond donors (Lipinski definition) is 2. The van der Waals surface area contributed by atoms with Crippen LogP contribution >= 0.6 is 11.3 Å². The summed E-state index contributed by atoms with van der Waals surface area (Å²) in [7, 11) is -3.37. The fraction of sp³-hybridized carbons (Fsp3) is 0.714. The van der Waals surface area contributed by atoms with Crippen LogP contribution in [0, 0.1) is 12.8 Å². The van der Waals surface area contributed by atoms with Gasteiger partial charge >= 0.3 is 0 Å². The van der Waals surface area contributed by atoms with Crippen molar-refractivity contribution in [3.8, 4) is 0 Å². The zero-order chi connectivity index (χ0) is 14.8. The third kappa shape index (κ3) is 3.61. The molecule has 1 atom stereocenters. The van der Waals surface area contributed by atoms with Crippen molar-refractivity contribution in [2.45, 2.75) is 56.8 Å². The van der Waals surface area contributed by atoms with Crippen LogP contribution in [0.15, 0.2) is 10.3 Å². The summed E-state index contributed by atoms with van der Waals surface area (Å²) < 4.78 is 28.1. The molecule has 0 amide bonds. The van der Waals surface area contributed by atoms with E-state index in [4.69, 9.17) is 0 Å². The van der Waals surface area contributed by atoms with E-state index < -0.39 is 10.0 Å². The van der Waals surface area contributed by atoms with Gasteiger partial charge in [-0.2, -0.15) is 0 Å². The minimum atomic E-state index is -3.37. The van der Waals surface area contributed by atoms with Gasteiger partial charge in [0, 0.05) is 17.5 Å². The Bertz CT molecular complexity index is 548. The van der Waals surface area contributed by atoms with Gasteiger partial charge in [-0.05, 0) is 50.8 Å². The third-order valence-corrected chi connectivity index (χ3v) is 7.27. The highest BCUT2D eigenvalue weighted by molar-refractivity contribution is 7.91. The second-order valence-electron chi connectivity index (χ2n) is 5.55. The lowest BCUT2D eigenvalue weighted by atomic mass is 9.81. The van der Waals surface area contributed by atoms with Gasteiger partial charge in [-0.25, -0.2) is 13.1 Å². The first-order chi connectivity index (χ1) is 9.44. The third-order valence-electron chi connectivity index (χ3n) is 4.00. The van der Waals surface area contributed by atoms with Gasteiger partial charge in [-0.3, -0.25) is 0 Å². The lowest BCUT2D eigenvalue weighted by molar-refractivity contribution is 0.260. The Morgan fingerprint density at radius 3 is 2.70 bits per heavy atom. The molecule has 1 saturated carbocycles. The summed E-state index contributed by atoms with van der Waals surface area (Å²) in [6.07, 6.45) is 3.50. The molecule has 2 N–H and O–H groups in total. The molecule has 2 rings (SSSR count). The Hall–Kier alpha value is -0.430. The number of nitrogens with one attached hydrogen (secondary N) is 2. The molecule has 1 aromatic heterocycles. The lowest BCUT2D eigenvalue weighted by Gasteiger charge is -2.31. The summed E-state index contributed by atoms with van der Waals surface area (Å²) in [5.74, 6) is 0.507. The van der Waals surface area contributed by atoms with Crippen LogP contribution in [0.5, 0.6) is 0 Å². The molecule has 1 aromatic rings. The van der Waals surface area contributed by atoms with E-state index in [1.54, 1.807) is 6.07 Å². The van der Waals surface area contributed by atoms with Gasteiger partial charge < -0.3 is 5.32 Å². The molecule has 0 saturated heterocycles. The van der Waals surface area contributed by atoms with E-state index in [-0.39, 0.29) is 6.04 Å². The summed E-state index contributed by atoms with van der Waals surface area (Å²) in [4.78, 5) is 1.10. The average Bonchev–Trinajstić information content (AvgIpc) is 2.65. The molecule has 0 spiro atoms. The molecule has 0 radical (unpaired) electrons.